The number of benzene rings is 2. The Morgan fingerprint density at radius 3 is 2.81 bits per heavy atom. The van der Waals surface area contributed by atoms with Gasteiger partial charge in [-0.05, 0) is 36.2 Å². The summed E-state index contributed by atoms with van der Waals surface area (Å²) in [5.74, 6) is 2.03. The van der Waals surface area contributed by atoms with Crippen molar-refractivity contribution < 1.29 is 14.3 Å². The summed E-state index contributed by atoms with van der Waals surface area (Å²) in [4.78, 5) is 17.3. The fraction of sp³-hybridized carbons (Fsp3) is 0.300. The molecule has 1 aliphatic heterocycles. The molecule has 2 aromatic carbocycles. The minimum atomic E-state index is -0.401. The van der Waals surface area contributed by atoms with E-state index in [-0.39, 0.29) is 5.97 Å². The molecule has 1 unspecified atom stereocenters. The van der Waals surface area contributed by atoms with Gasteiger partial charge < -0.3 is 9.47 Å². The number of methoxy groups -OCH3 is 1. The minimum absolute atomic E-state index is 0.225. The third kappa shape index (κ3) is 4.62. The summed E-state index contributed by atoms with van der Waals surface area (Å²) in [7, 11) is 1.65. The van der Waals surface area contributed by atoms with Gasteiger partial charge in [-0.2, -0.15) is 0 Å². The van der Waals surface area contributed by atoms with Gasteiger partial charge in [-0.1, -0.05) is 30.3 Å². The van der Waals surface area contributed by atoms with Crippen LogP contribution in [-0.4, -0.2) is 30.0 Å². The highest BCUT2D eigenvalue weighted by Gasteiger charge is 2.29. The van der Waals surface area contributed by atoms with E-state index in [0.29, 0.717) is 12.4 Å². The molecule has 0 N–H and O–H groups in total. The number of carbonyl (C=O) groups is 1. The normalized spacial score (nSPS) is 16.2. The predicted molar refractivity (Wildman–Crippen MR) is 110 cm³/mol. The van der Waals surface area contributed by atoms with Crippen LogP contribution in [0.1, 0.15) is 18.1 Å². The van der Waals surface area contributed by atoms with Gasteiger partial charge in [0.2, 0.25) is 0 Å². The van der Waals surface area contributed by atoms with E-state index in [9.17, 15) is 4.79 Å². The Morgan fingerprint density at radius 2 is 2.08 bits per heavy atom. The van der Waals surface area contributed by atoms with E-state index in [0.717, 1.165) is 27.8 Å². The van der Waals surface area contributed by atoms with Crippen LogP contribution in [0, 0.1) is 0 Å². The van der Waals surface area contributed by atoms with Crippen LogP contribution >= 0.6 is 23.5 Å². The standard InChI is InChI=1S/C20H21NO3S2/c1-3-24-20(22)18-19(26-12-14-7-5-4-6-8-14)21-17-10-9-16(23-2)11-15(17)13-25-18/h4-11,18H,3,12-13H2,1-2H3. The molecule has 0 aromatic heterocycles. The van der Waals surface area contributed by atoms with Crippen LogP contribution in [0.2, 0.25) is 0 Å². The number of carbonyl (C=O) groups excluding carboxylic acids is 1. The smallest absolute Gasteiger partial charge is 0.325 e. The number of hydrogen-bond donors (Lipinski definition) is 0. The maximum Gasteiger partial charge on any atom is 0.325 e. The molecule has 0 saturated carbocycles. The van der Waals surface area contributed by atoms with Gasteiger partial charge in [0.25, 0.3) is 0 Å². The molecule has 0 radical (unpaired) electrons. The Labute approximate surface area is 162 Å². The van der Waals surface area contributed by atoms with E-state index >= 15 is 0 Å². The fourth-order valence-electron chi connectivity index (χ4n) is 2.56. The summed E-state index contributed by atoms with van der Waals surface area (Å²) < 4.78 is 10.6. The molecule has 4 nitrogen and oxygen atoms in total. The van der Waals surface area contributed by atoms with Gasteiger partial charge in [0, 0.05) is 11.5 Å². The Bertz CT molecular complexity index is 793. The molecule has 0 bridgehead atoms. The summed E-state index contributed by atoms with van der Waals surface area (Å²) in [5.41, 5.74) is 3.16. The average Bonchev–Trinajstić information content (AvgIpc) is 2.86. The van der Waals surface area contributed by atoms with Gasteiger partial charge in [0.1, 0.15) is 5.75 Å². The van der Waals surface area contributed by atoms with Gasteiger partial charge in [-0.3, -0.25) is 4.79 Å². The second kappa shape index (κ2) is 9.14. The molecule has 26 heavy (non-hydrogen) atoms. The van der Waals surface area contributed by atoms with Gasteiger partial charge in [0.05, 0.1) is 24.4 Å². The number of hydrogen-bond acceptors (Lipinski definition) is 6. The summed E-state index contributed by atoms with van der Waals surface area (Å²) in [6.45, 7) is 2.19. The summed E-state index contributed by atoms with van der Waals surface area (Å²) >= 11 is 3.15. The highest BCUT2D eigenvalue weighted by Crippen LogP contribution is 2.37. The lowest BCUT2D eigenvalue weighted by molar-refractivity contribution is -0.141. The van der Waals surface area contributed by atoms with Crippen molar-refractivity contribution in [2.75, 3.05) is 13.7 Å². The largest absolute Gasteiger partial charge is 0.497 e. The van der Waals surface area contributed by atoms with Crippen molar-refractivity contribution >= 4 is 40.2 Å². The first-order valence-electron chi connectivity index (χ1n) is 8.41. The fourth-order valence-corrected chi connectivity index (χ4v) is 4.86. The molecule has 0 amide bonds. The molecular weight excluding hydrogens is 366 g/mol. The number of rotatable bonds is 5. The van der Waals surface area contributed by atoms with Crippen LogP contribution in [0.15, 0.2) is 53.5 Å². The highest BCUT2D eigenvalue weighted by atomic mass is 32.2. The summed E-state index contributed by atoms with van der Waals surface area (Å²) in [6.07, 6.45) is 0. The van der Waals surface area contributed by atoms with E-state index in [1.54, 1.807) is 30.6 Å². The lowest BCUT2D eigenvalue weighted by atomic mass is 10.2. The zero-order valence-corrected chi connectivity index (χ0v) is 16.4. The third-order valence-corrected chi connectivity index (χ3v) is 6.35. The number of nitrogens with zero attached hydrogens (tertiary/aromatic N) is 1. The molecule has 0 fully saturated rings. The van der Waals surface area contributed by atoms with Crippen LogP contribution in [0.3, 0.4) is 0 Å². The van der Waals surface area contributed by atoms with E-state index < -0.39 is 5.25 Å². The van der Waals surface area contributed by atoms with Gasteiger partial charge in [0.15, 0.2) is 5.25 Å². The zero-order valence-electron chi connectivity index (χ0n) is 14.8. The lowest BCUT2D eigenvalue weighted by Gasteiger charge is -2.15. The highest BCUT2D eigenvalue weighted by molar-refractivity contribution is 8.16. The molecule has 0 saturated heterocycles. The number of ether oxygens (including phenoxy) is 2. The first kappa shape index (κ1) is 18.9. The molecule has 3 rings (SSSR count). The number of thioether (sulfide) groups is 2. The summed E-state index contributed by atoms with van der Waals surface area (Å²) in [5, 5.41) is 0.392. The van der Waals surface area contributed by atoms with Crippen molar-refractivity contribution in [1.82, 2.24) is 0 Å². The molecule has 0 aliphatic carbocycles. The van der Waals surface area contributed by atoms with Crippen molar-refractivity contribution in [3.63, 3.8) is 0 Å². The van der Waals surface area contributed by atoms with Crippen LogP contribution in [0.4, 0.5) is 5.69 Å². The Hall–Kier alpha value is -1.92. The topological polar surface area (TPSA) is 47.9 Å². The molecular formula is C20H21NO3S2. The van der Waals surface area contributed by atoms with Crippen molar-refractivity contribution in [2.45, 2.75) is 23.7 Å². The Morgan fingerprint density at radius 1 is 1.27 bits per heavy atom. The van der Waals surface area contributed by atoms with Gasteiger partial charge in [-0.25, -0.2) is 4.99 Å². The SMILES string of the molecule is CCOC(=O)C1SCc2cc(OC)ccc2N=C1SCc1ccccc1. The van der Waals surface area contributed by atoms with Crippen molar-refractivity contribution in [1.29, 1.82) is 0 Å². The quantitative estimate of drug-likeness (QED) is 0.687. The first-order valence-corrected chi connectivity index (χ1v) is 10.4. The maximum absolute atomic E-state index is 12.5. The molecule has 1 aliphatic rings. The molecule has 1 heterocycles. The van der Waals surface area contributed by atoms with Crippen LogP contribution in [0.5, 0.6) is 5.75 Å². The van der Waals surface area contributed by atoms with E-state index in [4.69, 9.17) is 14.5 Å². The van der Waals surface area contributed by atoms with Gasteiger partial charge >= 0.3 is 5.97 Å². The predicted octanol–water partition coefficient (Wildman–Crippen LogP) is 4.84. The van der Waals surface area contributed by atoms with E-state index in [1.807, 2.05) is 43.3 Å². The van der Waals surface area contributed by atoms with Crippen molar-refractivity contribution in [3.8, 4) is 5.75 Å². The van der Waals surface area contributed by atoms with Crippen LogP contribution in [0.25, 0.3) is 0 Å². The summed E-state index contributed by atoms with van der Waals surface area (Å²) in [6, 6.07) is 16.0. The zero-order chi connectivity index (χ0) is 18.4. The molecule has 1 atom stereocenters. The molecule has 136 valence electrons. The second-order valence-electron chi connectivity index (χ2n) is 5.66. The minimum Gasteiger partial charge on any atom is -0.497 e. The molecule has 6 heteroatoms. The van der Waals surface area contributed by atoms with Gasteiger partial charge in [-0.15, -0.1) is 23.5 Å². The Balaban J connectivity index is 1.88. The maximum atomic E-state index is 12.5. The van der Waals surface area contributed by atoms with Crippen molar-refractivity contribution in [2.24, 2.45) is 4.99 Å². The average molecular weight is 388 g/mol. The van der Waals surface area contributed by atoms with Crippen LogP contribution < -0.4 is 4.74 Å². The number of esters is 1. The second-order valence-corrected chi connectivity index (χ2v) is 7.75. The number of aliphatic imine (C=N–C) groups is 1. The molecule has 0 spiro atoms. The lowest BCUT2D eigenvalue weighted by Crippen LogP contribution is -2.27. The monoisotopic (exact) mass is 387 g/mol. The number of fused-ring (bicyclic) bond motifs is 1. The van der Waals surface area contributed by atoms with E-state index in [1.165, 1.54) is 5.56 Å². The van der Waals surface area contributed by atoms with E-state index in [2.05, 4.69) is 12.1 Å². The third-order valence-electron chi connectivity index (χ3n) is 3.88. The molecule has 2 aromatic rings. The van der Waals surface area contributed by atoms with Crippen molar-refractivity contribution in [3.05, 3.63) is 59.7 Å². The first-order chi connectivity index (χ1) is 12.7. The van der Waals surface area contributed by atoms with Crippen LogP contribution in [-0.2, 0) is 21.0 Å². The Kier molecular flexibility index (Phi) is 6.63.